The molecule has 2 aromatic rings. The summed E-state index contributed by atoms with van der Waals surface area (Å²) in [4.78, 5) is 2.73. The van der Waals surface area contributed by atoms with Crippen molar-refractivity contribution in [3.63, 3.8) is 0 Å². The first kappa shape index (κ1) is 11.4. The summed E-state index contributed by atoms with van der Waals surface area (Å²) in [5.74, 6) is 1.64. The van der Waals surface area contributed by atoms with E-state index in [1.54, 1.807) is 0 Å². The van der Waals surface area contributed by atoms with Crippen LogP contribution in [0.25, 0.3) is 0 Å². The third kappa shape index (κ3) is 2.16. The SMILES string of the molecule is Cc1cc(CNc2ccc3c(c2)OCO3)c(C)s1. The van der Waals surface area contributed by atoms with Crippen LogP contribution in [-0.4, -0.2) is 6.79 Å². The summed E-state index contributed by atoms with van der Waals surface area (Å²) in [6, 6.07) is 8.18. The normalized spacial score (nSPS) is 12.8. The van der Waals surface area contributed by atoms with E-state index in [9.17, 15) is 0 Å². The van der Waals surface area contributed by atoms with Crippen LogP contribution in [0, 0.1) is 13.8 Å². The van der Waals surface area contributed by atoms with Crippen molar-refractivity contribution in [1.82, 2.24) is 0 Å². The molecule has 0 unspecified atom stereocenters. The first-order chi connectivity index (χ1) is 8.72. The highest BCUT2D eigenvalue weighted by Gasteiger charge is 2.13. The van der Waals surface area contributed by atoms with Gasteiger partial charge in [0.25, 0.3) is 0 Å². The fourth-order valence-corrected chi connectivity index (χ4v) is 3.01. The van der Waals surface area contributed by atoms with Gasteiger partial charge in [-0.25, -0.2) is 0 Å². The number of hydrogen-bond acceptors (Lipinski definition) is 4. The Hall–Kier alpha value is -1.68. The molecule has 18 heavy (non-hydrogen) atoms. The summed E-state index contributed by atoms with van der Waals surface area (Å²) in [7, 11) is 0. The smallest absolute Gasteiger partial charge is 0.231 e. The number of nitrogens with one attached hydrogen (secondary N) is 1. The highest BCUT2D eigenvalue weighted by Crippen LogP contribution is 2.34. The Balaban J connectivity index is 1.72. The maximum atomic E-state index is 5.36. The van der Waals surface area contributed by atoms with Crippen molar-refractivity contribution in [3.8, 4) is 11.5 Å². The maximum absolute atomic E-state index is 5.36. The van der Waals surface area contributed by atoms with Crippen LogP contribution in [0.2, 0.25) is 0 Å². The first-order valence-corrected chi connectivity index (χ1v) is 6.73. The van der Waals surface area contributed by atoms with Gasteiger partial charge in [-0.2, -0.15) is 0 Å². The lowest BCUT2D eigenvalue weighted by Gasteiger charge is -2.06. The van der Waals surface area contributed by atoms with Crippen LogP contribution < -0.4 is 14.8 Å². The molecule has 0 radical (unpaired) electrons. The second kappa shape index (κ2) is 4.53. The molecule has 1 aliphatic heterocycles. The van der Waals surface area contributed by atoms with Gasteiger partial charge in [0.15, 0.2) is 11.5 Å². The molecule has 0 atom stereocenters. The molecule has 3 rings (SSSR count). The molecule has 0 saturated carbocycles. The largest absolute Gasteiger partial charge is 0.454 e. The Morgan fingerprint density at radius 2 is 2.00 bits per heavy atom. The minimum atomic E-state index is 0.321. The highest BCUT2D eigenvalue weighted by atomic mass is 32.1. The summed E-state index contributed by atoms with van der Waals surface area (Å²) in [6.45, 7) is 5.47. The van der Waals surface area contributed by atoms with Gasteiger partial charge in [-0.15, -0.1) is 11.3 Å². The molecule has 1 aromatic carbocycles. The number of rotatable bonds is 3. The minimum Gasteiger partial charge on any atom is -0.454 e. The zero-order valence-corrected chi connectivity index (χ0v) is 11.3. The van der Waals surface area contributed by atoms with Crippen LogP contribution in [0.1, 0.15) is 15.3 Å². The fourth-order valence-electron chi connectivity index (χ4n) is 2.06. The van der Waals surface area contributed by atoms with Crippen molar-refractivity contribution >= 4 is 17.0 Å². The van der Waals surface area contributed by atoms with Crippen molar-refractivity contribution in [2.45, 2.75) is 20.4 Å². The van der Waals surface area contributed by atoms with E-state index in [2.05, 4.69) is 25.2 Å². The van der Waals surface area contributed by atoms with Gasteiger partial charge in [0, 0.05) is 28.1 Å². The summed E-state index contributed by atoms with van der Waals surface area (Å²) >= 11 is 1.84. The van der Waals surface area contributed by atoms with E-state index in [0.717, 1.165) is 23.7 Å². The zero-order valence-electron chi connectivity index (χ0n) is 10.4. The lowest BCUT2D eigenvalue weighted by molar-refractivity contribution is 0.174. The summed E-state index contributed by atoms with van der Waals surface area (Å²) in [5.41, 5.74) is 2.41. The number of ether oxygens (including phenoxy) is 2. The zero-order chi connectivity index (χ0) is 12.5. The Morgan fingerprint density at radius 1 is 1.17 bits per heavy atom. The van der Waals surface area contributed by atoms with Gasteiger partial charge >= 0.3 is 0 Å². The minimum absolute atomic E-state index is 0.321. The summed E-state index contributed by atoms with van der Waals surface area (Å²) < 4.78 is 10.6. The van der Waals surface area contributed by atoms with E-state index in [4.69, 9.17) is 9.47 Å². The lowest BCUT2D eigenvalue weighted by atomic mass is 10.2. The Labute approximate surface area is 110 Å². The fraction of sp³-hybridized carbons (Fsp3) is 0.286. The van der Waals surface area contributed by atoms with E-state index in [1.165, 1.54) is 15.3 Å². The van der Waals surface area contributed by atoms with Crippen LogP contribution >= 0.6 is 11.3 Å². The van der Waals surface area contributed by atoms with E-state index >= 15 is 0 Å². The molecule has 4 heteroatoms. The van der Waals surface area contributed by atoms with Crippen LogP contribution in [0.5, 0.6) is 11.5 Å². The van der Waals surface area contributed by atoms with Crippen LogP contribution in [-0.2, 0) is 6.54 Å². The van der Waals surface area contributed by atoms with Gasteiger partial charge < -0.3 is 14.8 Å². The van der Waals surface area contributed by atoms with Crippen LogP contribution in [0.3, 0.4) is 0 Å². The first-order valence-electron chi connectivity index (χ1n) is 5.92. The molecule has 94 valence electrons. The van der Waals surface area contributed by atoms with Crippen molar-refractivity contribution in [2.75, 3.05) is 12.1 Å². The molecule has 0 bridgehead atoms. The van der Waals surface area contributed by atoms with Gasteiger partial charge in [0.05, 0.1) is 0 Å². The van der Waals surface area contributed by atoms with Crippen LogP contribution in [0.4, 0.5) is 5.69 Å². The number of hydrogen-bond donors (Lipinski definition) is 1. The van der Waals surface area contributed by atoms with Crippen molar-refractivity contribution in [1.29, 1.82) is 0 Å². The number of fused-ring (bicyclic) bond motifs is 1. The van der Waals surface area contributed by atoms with E-state index in [0.29, 0.717) is 6.79 Å². The van der Waals surface area contributed by atoms with Gasteiger partial charge in [-0.3, -0.25) is 0 Å². The highest BCUT2D eigenvalue weighted by molar-refractivity contribution is 7.12. The Kier molecular flexibility index (Phi) is 2.88. The number of thiophene rings is 1. The summed E-state index contributed by atoms with van der Waals surface area (Å²) in [6.07, 6.45) is 0. The van der Waals surface area contributed by atoms with Crippen molar-refractivity contribution < 1.29 is 9.47 Å². The molecule has 0 amide bonds. The average molecular weight is 261 g/mol. The van der Waals surface area contributed by atoms with Crippen molar-refractivity contribution in [2.24, 2.45) is 0 Å². The predicted molar refractivity (Wildman–Crippen MR) is 73.7 cm³/mol. The quantitative estimate of drug-likeness (QED) is 0.913. The average Bonchev–Trinajstić information content (AvgIpc) is 2.92. The second-order valence-corrected chi connectivity index (χ2v) is 5.82. The Bertz CT molecular complexity index is 577. The van der Waals surface area contributed by atoms with Gasteiger partial charge in [-0.05, 0) is 37.6 Å². The van der Waals surface area contributed by atoms with Gasteiger partial charge in [0.2, 0.25) is 6.79 Å². The maximum Gasteiger partial charge on any atom is 0.231 e. The van der Waals surface area contributed by atoms with Gasteiger partial charge in [0.1, 0.15) is 0 Å². The van der Waals surface area contributed by atoms with E-state index in [-0.39, 0.29) is 0 Å². The monoisotopic (exact) mass is 261 g/mol. The Morgan fingerprint density at radius 3 is 2.78 bits per heavy atom. The molecule has 2 heterocycles. The third-order valence-electron chi connectivity index (χ3n) is 3.00. The number of benzene rings is 1. The predicted octanol–water partition coefficient (Wildman–Crippen LogP) is 3.71. The molecular weight excluding hydrogens is 246 g/mol. The molecule has 1 N–H and O–H groups in total. The second-order valence-electron chi connectivity index (χ2n) is 4.36. The molecular formula is C14H15NO2S. The molecule has 0 saturated heterocycles. The topological polar surface area (TPSA) is 30.5 Å². The number of anilines is 1. The lowest BCUT2D eigenvalue weighted by Crippen LogP contribution is -1.99. The van der Waals surface area contributed by atoms with E-state index in [1.807, 2.05) is 29.5 Å². The van der Waals surface area contributed by atoms with Crippen molar-refractivity contribution in [3.05, 3.63) is 39.6 Å². The van der Waals surface area contributed by atoms with Gasteiger partial charge in [-0.1, -0.05) is 0 Å². The van der Waals surface area contributed by atoms with Crippen LogP contribution in [0.15, 0.2) is 24.3 Å². The molecule has 0 spiro atoms. The summed E-state index contributed by atoms with van der Waals surface area (Å²) in [5, 5.41) is 3.42. The standard InChI is InChI=1S/C14H15NO2S/c1-9-5-11(10(2)18-9)7-15-12-3-4-13-14(6-12)17-8-16-13/h3-6,15H,7-8H2,1-2H3. The van der Waals surface area contributed by atoms with E-state index < -0.39 is 0 Å². The third-order valence-corrected chi connectivity index (χ3v) is 4.01. The molecule has 3 nitrogen and oxygen atoms in total. The molecule has 1 aliphatic rings. The number of aryl methyl sites for hydroxylation is 2. The molecule has 1 aromatic heterocycles. The molecule has 0 aliphatic carbocycles. The molecule has 0 fully saturated rings.